The molecule has 0 aromatic carbocycles. The number of rotatable bonds is 6. The monoisotopic (exact) mass is 265 g/mol. The second kappa shape index (κ2) is 7.00. The fourth-order valence-electron chi connectivity index (χ4n) is 2.46. The number of hydrogen-bond donors (Lipinski definition) is 2. The van der Waals surface area contributed by atoms with Crippen LogP contribution in [-0.4, -0.2) is 28.6 Å². The number of hydrogen-bond acceptors (Lipinski definition) is 4. The Labute approximate surface area is 114 Å². The SMILES string of the molecule is CCCNC(Cc1ccnc(N)c1)C1CCCS1. The van der Waals surface area contributed by atoms with Crippen molar-refractivity contribution in [1.82, 2.24) is 10.3 Å². The lowest BCUT2D eigenvalue weighted by Gasteiger charge is -2.24. The van der Waals surface area contributed by atoms with Gasteiger partial charge in [-0.15, -0.1) is 0 Å². The first kappa shape index (κ1) is 13.7. The number of nitrogen functional groups attached to an aromatic ring is 1. The van der Waals surface area contributed by atoms with Crippen LogP contribution < -0.4 is 11.1 Å². The number of nitrogens with two attached hydrogens (primary N) is 1. The second-order valence-electron chi connectivity index (χ2n) is 4.91. The van der Waals surface area contributed by atoms with Gasteiger partial charge in [-0.2, -0.15) is 11.8 Å². The summed E-state index contributed by atoms with van der Waals surface area (Å²) in [5.74, 6) is 1.94. The zero-order chi connectivity index (χ0) is 12.8. The van der Waals surface area contributed by atoms with Gasteiger partial charge in [0.1, 0.15) is 5.82 Å². The molecule has 0 radical (unpaired) electrons. The Bertz CT molecular complexity index is 364. The quantitative estimate of drug-likeness (QED) is 0.829. The average Bonchev–Trinajstić information content (AvgIpc) is 2.88. The molecule has 0 amide bonds. The molecule has 2 atom stereocenters. The van der Waals surface area contributed by atoms with Gasteiger partial charge in [-0.25, -0.2) is 4.98 Å². The molecular formula is C14H23N3S. The van der Waals surface area contributed by atoms with E-state index < -0.39 is 0 Å². The van der Waals surface area contributed by atoms with Gasteiger partial charge in [0.05, 0.1) is 0 Å². The lowest BCUT2D eigenvalue weighted by molar-refractivity contribution is 0.482. The van der Waals surface area contributed by atoms with Crippen LogP contribution in [0.25, 0.3) is 0 Å². The van der Waals surface area contributed by atoms with Gasteiger partial charge in [0.15, 0.2) is 0 Å². The van der Waals surface area contributed by atoms with Gasteiger partial charge in [-0.1, -0.05) is 6.92 Å². The summed E-state index contributed by atoms with van der Waals surface area (Å²) in [5, 5.41) is 4.45. The van der Waals surface area contributed by atoms with E-state index in [1.165, 1.54) is 30.6 Å². The third-order valence-corrected chi connectivity index (χ3v) is 4.89. The highest BCUT2D eigenvalue weighted by molar-refractivity contribution is 8.00. The third kappa shape index (κ3) is 3.89. The Morgan fingerprint density at radius 1 is 1.61 bits per heavy atom. The molecule has 18 heavy (non-hydrogen) atoms. The van der Waals surface area contributed by atoms with Gasteiger partial charge < -0.3 is 11.1 Å². The molecule has 1 aromatic heterocycles. The number of nitrogens with zero attached hydrogens (tertiary/aromatic N) is 1. The summed E-state index contributed by atoms with van der Waals surface area (Å²) in [7, 11) is 0. The molecule has 0 spiro atoms. The molecule has 1 aliphatic heterocycles. The molecular weight excluding hydrogens is 242 g/mol. The minimum atomic E-state index is 0.569. The molecule has 4 heteroatoms. The number of anilines is 1. The predicted octanol–water partition coefficient (Wildman–Crippen LogP) is 2.47. The van der Waals surface area contributed by atoms with E-state index in [0.717, 1.165) is 18.2 Å². The third-order valence-electron chi connectivity index (χ3n) is 3.37. The van der Waals surface area contributed by atoms with Crippen LogP contribution in [0, 0.1) is 0 Å². The van der Waals surface area contributed by atoms with Crippen LogP contribution in [-0.2, 0) is 6.42 Å². The molecule has 3 N–H and O–H groups in total. The number of nitrogens with one attached hydrogen (secondary N) is 1. The predicted molar refractivity (Wildman–Crippen MR) is 79.9 cm³/mol. The van der Waals surface area contributed by atoms with E-state index in [1.807, 2.05) is 12.3 Å². The second-order valence-corrected chi connectivity index (χ2v) is 6.25. The highest BCUT2D eigenvalue weighted by Crippen LogP contribution is 2.30. The average molecular weight is 265 g/mol. The molecule has 100 valence electrons. The first-order valence-corrected chi connectivity index (χ1v) is 7.90. The van der Waals surface area contributed by atoms with Crippen molar-refractivity contribution in [2.24, 2.45) is 0 Å². The van der Waals surface area contributed by atoms with E-state index in [0.29, 0.717) is 11.9 Å². The van der Waals surface area contributed by atoms with Crippen molar-refractivity contribution >= 4 is 17.6 Å². The van der Waals surface area contributed by atoms with E-state index in [2.05, 4.69) is 35.1 Å². The summed E-state index contributed by atoms with van der Waals surface area (Å²) < 4.78 is 0. The van der Waals surface area contributed by atoms with Crippen LogP contribution in [0.4, 0.5) is 5.82 Å². The standard InChI is InChI=1S/C14H23N3S/c1-2-6-16-12(13-4-3-8-18-13)9-11-5-7-17-14(15)10-11/h5,7,10,12-13,16H,2-4,6,8-9H2,1H3,(H2,15,17). The van der Waals surface area contributed by atoms with Crippen LogP contribution in [0.5, 0.6) is 0 Å². The minimum Gasteiger partial charge on any atom is -0.384 e. The number of aromatic nitrogens is 1. The summed E-state index contributed by atoms with van der Waals surface area (Å²) in [6, 6.07) is 4.65. The van der Waals surface area contributed by atoms with Crippen LogP contribution in [0.2, 0.25) is 0 Å². The fourth-order valence-corrected chi connectivity index (χ4v) is 3.85. The minimum absolute atomic E-state index is 0.569. The molecule has 0 saturated carbocycles. The van der Waals surface area contributed by atoms with E-state index in [4.69, 9.17) is 5.73 Å². The maximum Gasteiger partial charge on any atom is 0.123 e. The summed E-state index contributed by atoms with van der Waals surface area (Å²) >= 11 is 2.11. The molecule has 1 fully saturated rings. The Balaban J connectivity index is 1.99. The van der Waals surface area contributed by atoms with Crippen molar-refractivity contribution < 1.29 is 0 Å². The zero-order valence-corrected chi connectivity index (χ0v) is 11.9. The molecule has 2 unspecified atom stereocenters. The molecule has 2 heterocycles. The first-order chi connectivity index (χ1) is 8.79. The molecule has 0 bridgehead atoms. The Morgan fingerprint density at radius 2 is 2.50 bits per heavy atom. The smallest absolute Gasteiger partial charge is 0.123 e. The van der Waals surface area contributed by atoms with E-state index in [-0.39, 0.29) is 0 Å². The lowest BCUT2D eigenvalue weighted by atomic mass is 10.0. The molecule has 2 rings (SSSR count). The van der Waals surface area contributed by atoms with Gasteiger partial charge in [0.25, 0.3) is 0 Å². The van der Waals surface area contributed by atoms with Crippen molar-refractivity contribution in [2.75, 3.05) is 18.0 Å². The molecule has 1 saturated heterocycles. The normalized spacial score (nSPS) is 21.1. The zero-order valence-electron chi connectivity index (χ0n) is 11.1. The van der Waals surface area contributed by atoms with Gasteiger partial charge in [-0.05, 0) is 55.7 Å². The van der Waals surface area contributed by atoms with Gasteiger partial charge >= 0.3 is 0 Å². The van der Waals surface area contributed by atoms with Crippen LogP contribution >= 0.6 is 11.8 Å². The number of thioether (sulfide) groups is 1. The number of pyridine rings is 1. The summed E-state index contributed by atoms with van der Waals surface area (Å²) in [6.45, 7) is 3.32. The van der Waals surface area contributed by atoms with E-state index >= 15 is 0 Å². The van der Waals surface area contributed by atoms with E-state index in [1.54, 1.807) is 0 Å². The van der Waals surface area contributed by atoms with Crippen LogP contribution in [0.1, 0.15) is 31.7 Å². The van der Waals surface area contributed by atoms with Gasteiger partial charge in [0, 0.05) is 17.5 Å². The lowest BCUT2D eigenvalue weighted by Crippen LogP contribution is -2.39. The maximum absolute atomic E-state index is 5.75. The largest absolute Gasteiger partial charge is 0.384 e. The topological polar surface area (TPSA) is 50.9 Å². The highest BCUT2D eigenvalue weighted by atomic mass is 32.2. The summed E-state index contributed by atoms with van der Waals surface area (Å²) in [4.78, 5) is 4.06. The van der Waals surface area contributed by atoms with Crippen molar-refractivity contribution in [2.45, 2.75) is 43.9 Å². The van der Waals surface area contributed by atoms with Crippen molar-refractivity contribution in [1.29, 1.82) is 0 Å². The molecule has 0 aliphatic carbocycles. The highest BCUT2D eigenvalue weighted by Gasteiger charge is 2.25. The maximum atomic E-state index is 5.75. The Hall–Kier alpha value is -0.740. The van der Waals surface area contributed by atoms with Gasteiger partial charge in [-0.3, -0.25) is 0 Å². The van der Waals surface area contributed by atoms with Crippen LogP contribution in [0.3, 0.4) is 0 Å². The Kier molecular flexibility index (Phi) is 5.32. The Morgan fingerprint density at radius 3 is 3.17 bits per heavy atom. The van der Waals surface area contributed by atoms with Crippen molar-refractivity contribution in [3.05, 3.63) is 23.9 Å². The summed E-state index contributed by atoms with van der Waals surface area (Å²) in [6.07, 6.45) is 6.75. The molecule has 3 nitrogen and oxygen atoms in total. The summed E-state index contributed by atoms with van der Waals surface area (Å²) in [5.41, 5.74) is 7.05. The molecule has 1 aliphatic rings. The van der Waals surface area contributed by atoms with Crippen LogP contribution in [0.15, 0.2) is 18.3 Å². The van der Waals surface area contributed by atoms with Crippen molar-refractivity contribution in [3.63, 3.8) is 0 Å². The first-order valence-electron chi connectivity index (χ1n) is 6.85. The fraction of sp³-hybridized carbons (Fsp3) is 0.643. The molecule has 1 aromatic rings. The van der Waals surface area contributed by atoms with Gasteiger partial charge in [0.2, 0.25) is 0 Å². The van der Waals surface area contributed by atoms with Crippen molar-refractivity contribution in [3.8, 4) is 0 Å². The van der Waals surface area contributed by atoms with E-state index in [9.17, 15) is 0 Å².